The van der Waals surface area contributed by atoms with Crippen molar-refractivity contribution < 1.29 is 4.74 Å². The molecule has 1 aromatic carbocycles. The second kappa shape index (κ2) is 4.22. The van der Waals surface area contributed by atoms with Crippen LogP contribution in [0.15, 0.2) is 24.3 Å². The highest BCUT2D eigenvalue weighted by Gasteiger charge is 2.06. The lowest BCUT2D eigenvalue weighted by Gasteiger charge is -2.08. The predicted molar refractivity (Wildman–Crippen MR) is 57.7 cm³/mol. The van der Waals surface area contributed by atoms with Crippen LogP contribution in [-0.4, -0.2) is 26.8 Å². The number of rotatable bonds is 3. The molecule has 0 aliphatic carbocycles. The molecule has 0 amide bonds. The zero-order valence-corrected chi connectivity index (χ0v) is 8.99. The van der Waals surface area contributed by atoms with Crippen molar-refractivity contribution in [3.8, 4) is 11.4 Å². The lowest BCUT2D eigenvalue weighted by Crippen LogP contribution is -2.02. The maximum Gasteiger partial charge on any atom is 0.243 e. The Morgan fingerprint density at radius 2 is 2.27 bits per heavy atom. The van der Waals surface area contributed by atoms with Crippen LogP contribution in [-0.2, 0) is 0 Å². The molecule has 6 heteroatoms. The van der Waals surface area contributed by atoms with Gasteiger partial charge in [-0.3, -0.25) is 0 Å². The zero-order chi connectivity index (χ0) is 10.7. The van der Waals surface area contributed by atoms with Crippen LogP contribution in [0.1, 0.15) is 6.92 Å². The first-order valence-corrected chi connectivity index (χ1v) is 4.96. The number of ether oxygens (including phenoxy) is 1. The summed E-state index contributed by atoms with van der Waals surface area (Å²) in [5.41, 5.74) is 0.814. The molecule has 1 N–H and O–H groups in total. The van der Waals surface area contributed by atoms with Crippen LogP contribution >= 0.6 is 12.2 Å². The van der Waals surface area contributed by atoms with Crippen LogP contribution in [0.4, 0.5) is 0 Å². The summed E-state index contributed by atoms with van der Waals surface area (Å²) in [6, 6.07) is 7.57. The summed E-state index contributed by atoms with van der Waals surface area (Å²) in [6.07, 6.45) is 0. The smallest absolute Gasteiger partial charge is 0.243 e. The van der Waals surface area contributed by atoms with Crippen molar-refractivity contribution in [2.75, 3.05) is 6.61 Å². The summed E-state index contributed by atoms with van der Waals surface area (Å²) in [5.74, 6) is 0.752. The van der Waals surface area contributed by atoms with Gasteiger partial charge < -0.3 is 4.74 Å². The van der Waals surface area contributed by atoms with Gasteiger partial charge >= 0.3 is 0 Å². The fourth-order valence-electron chi connectivity index (χ4n) is 1.27. The van der Waals surface area contributed by atoms with Crippen molar-refractivity contribution >= 4 is 12.2 Å². The SMILES string of the molecule is CCOc1ccccc1-n1[nH]nnc1=S. The van der Waals surface area contributed by atoms with Crippen LogP contribution < -0.4 is 4.74 Å². The molecule has 1 aromatic heterocycles. The highest BCUT2D eigenvalue weighted by atomic mass is 32.1. The predicted octanol–water partition coefficient (Wildman–Crippen LogP) is 1.72. The van der Waals surface area contributed by atoms with Gasteiger partial charge in [0, 0.05) is 0 Å². The van der Waals surface area contributed by atoms with Crippen molar-refractivity contribution in [1.82, 2.24) is 20.2 Å². The van der Waals surface area contributed by atoms with Gasteiger partial charge in [0.15, 0.2) is 0 Å². The Hall–Kier alpha value is -1.69. The van der Waals surface area contributed by atoms with E-state index >= 15 is 0 Å². The Balaban J connectivity index is 2.52. The fourth-order valence-corrected chi connectivity index (χ4v) is 1.45. The number of hydrogen-bond acceptors (Lipinski definition) is 4. The molecule has 0 aliphatic heterocycles. The molecule has 0 unspecified atom stereocenters. The maximum atomic E-state index is 5.47. The van der Waals surface area contributed by atoms with E-state index < -0.39 is 0 Å². The van der Waals surface area contributed by atoms with Gasteiger partial charge in [0.1, 0.15) is 11.4 Å². The number of tetrazole rings is 1. The van der Waals surface area contributed by atoms with Crippen LogP contribution in [0.5, 0.6) is 5.75 Å². The molecule has 0 spiro atoms. The van der Waals surface area contributed by atoms with Crippen molar-refractivity contribution in [2.45, 2.75) is 6.92 Å². The lowest BCUT2D eigenvalue weighted by atomic mass is 10.3. The number of para-hydroxylation sites is 2. The highest BCUT2D eigenvalue weighted by molar-refractivity contribution is 7.71. The molecule has 0 atom stereocenters. The minimum atomic E-state index is 0.377. The average Bonchev–Trinajstić information content (AvgIpc) is 2.66. The number of H-pyrrole nitrogens is 1. The van der Waals surface area contributed by atoms with E-state index in [1.165, 1.54) is 0 Å². The van der Waals surface area contributed by atoms with Gasteiger partial charge in [-0.15, -0.1) is 0 Å². The second-order valence-corrected chi connectivity index (χ2v) is 3.18. The molecular weight excluding hydrogens is 212 g/mol. The summed E-state index contributed by atoms with van der Waals surface area (Å²) in [4.78, 5) is 0. The third-order valence-electron chi connectivity index (χ3n) is 1.88. The summed E-state index contributed by atoms with van der Waals surface area (Å²) < 4.78 is 7.45. The molecule has 78 valence electrons. The molecular formula is C9H10N4OS. The van der Waals surface area contributed by atoms with Crippen molar-refractivity contribution in [2.24, 2.45) is 0 Å². The molecule has 0 saturated heterocycles. The summed E-state index contributed by atoms with van der Waals surface area (Å²) in [5, 5.41) is 10.0. The Morgan fingerprint density at radius 1 is 1.47 bits per heavy atom. The van der Waals surface area contributed by atoms with Gasteiger partial charge in [-0.1, -0.05) is 22.4 Å². The van der Waals surface area contributed by atoms with E-state index in [9.17, 15) is 0 Å². The van der Waals surface area contributed by atoms with Crippen LogP contribution in [0.2, 0.25) is 0 Å². The van der Waals surface area contributed by atoms with E-state index in [1.807, 2.05) is 31.2 Å². The molecule has 1 heterocycles. The molecule has 0 saturated carbocycles. The van der Waals surface area contributed by atoms with E-state index in [4.69, 9.17) is 17.0 Å². The zero-order valence-electron chi connectivity index (χ0n) is 8.17. The Bertz CT molecular complexity index is 505. The lowest BCUT2D eigenvalue weighted by molar-refractivity contribution is 0.338. The van der Waals surface area contributed by atoms with Gasteiger partial charge in [-0.05, 0) is 31.3 Å². The summed E-state index contributed by atoms with van der Waals surface area (Å²) >= 11 is 5.01. The first kappa shape index (κ1) is 9.85. The van der Waals surface area contributed by atoms with Crippen molar-refractivity contribution in [1.29, 1.82) is 0 Å². The van der Waals surface area contributed by atoms with Crippen molar-refractivity contribution in [3.05, 3.63) is 29.0 Å². The second-order valence-electron chi connectivity index (χ2n) is 2.82. The van der Waals surface area contributed by atoms with Gasteiger partial charge in [-0.25, -0.2) is 4.68 Å². The van der Waals surface area contributed by atoms with E-state index in [1.54, 1.807) is 4.68 Å². The highest BCUT2D eigenvalue weighted by Crippen LogP contribution is 2.21. The first-order valence-electron chi connectivity index (χ1n) is 4.55. The Labute approximate surface area is 91.7 Å². The average molecular weight is 222 g/mol. The molecule has 0 aliphatic rings. The number of nitrogens with zero attached hydrogens (tertiary/aromatic N) is 3. The van der Waals surface area contributed by atoms with E-state index in [2.05, 4.69) is 15.5 Å². The van der Waals surface area contributed by atoms with Crippen molar-refractivity contribution in [3.63, 3.8) is 0 Å². The van der Waals surface area contributed by atoms with E-state index in [-0.39, 0.29) is 0 Å². The molecule has 2 aromatic rings. The Kier molecular flexibility index (Phi) is 2.77. The van der Waals surface area contributed by atoms with E-state index in [0.29, 0.717) is 11.4 Å². The fraction of sp³-hybridized carbons (Fsp3) is 0.222. The number of aromatic nitrogens is 4. The van der Waals surface area contributed by atoms with Crippen LogP contribution in [0, 0.1) is 4.77 Å². The summed E-state index contributed by atoms with van der Waals surface area (Å²) in [7, 11) is 0. The number of hydrogen-bond donors (Lipinski definition) is 1. The molecule has 0 fully saturated rings. The minimum absolute atomic E-state index is 0.377. The third-order valence-corrected chi connectivity index (χ3v) is 2.14. The third kappa shape index (κ3) is 1.89. The topological polar surface area (TPSA) is 55.7 Å². The quantitative estimate of drug-likeness (QED) is 0.803. The Morgan fingerprint density at radius 3 is 2.93 bits per heavy atom. The number of nitrogens with one attached hydrogen (secondary N) is 1. The van der Waals surface area contributed by atoms with Gasteiger partial charge in [0.2, 0.25) is 4.77 Å². The molecule has 2 rings (SSSR count). The normalized spacial score (nSPS) is 10.2. The molecule has 5 nitrogen and oxygen atoms in total. The number of benzene rings is 1. The monoisotopic (exact) mass is 222 g/mol. The van der Waals surface area contributed by atoms with Crippen LogP contribution in [0.3, 0.4) is 0 Å². The molecule has 15 heavy (non-hydrogen) atoms. The minimum Gasteiger partial charge on any atom is -0.492 e. The van der Waals surface area contributed by atoms with Gasteiger partial charge in [0.25, 0.3) is 0 Å². The molecule has 0 radical (unpaired) electrons. The summed E-state index contributed by atoms with van der Waals surface area (Å²) in [6.45, 7) is 2.53. The van der Waals surface area contributed by atoms with E-state index in [0.717, 1.165) is 11.4 Å². The van der Waals surface area contributed by atoms with Gasteiger partial charge in [-0.2, -0.15) is 5.21 Å². The standard InChI is InChI=1S/C9H10N4OS/c1-2-14-8-6-4-3-5-7(8)13-9(15)10-11-12-13/h3-6H,2H2,1H3,(H,10,12,15). The maximum absolute atomic E-state index is 5.47. The molecule has 0 bridgehead atoms. The van der Waals surface area contributed by atoms with Crippen LogP contribution in [0.25, 0.3) is 5.69 Å². The largest absolute Gasteiger partial charge is 0.492 e. The first-order chi connectivity index (χ1) is 7.33. The number of aromatic amines is 1. The van der Waals surface area contributed by atoms with Gasteiger partial charge in [0.05, 0.1) is 6.61 Å².